The molecule has 7 heteroatoms. The molecule has 0 spiro atoms. The van der Waals surface area contributed by atoms with Gasteiger partial charge in [0.1, 0.15) is 0 Å². The summed E-state index contributed by atoms with van der Waals surface area (Å²) < 4.78 is 5.45. The molecule has 0 aliphatic carbocycles. The van der Waals surface area contributed by atoms with Gasteiger partial charge in [0.05, 0.1) is 6.42 Å². The molecule has 0 bridgehead atoms. The molecule has 7 nitrogen and oxygen atoms in total. The standard InChI is InChI=1S/C21H21N3O4/c1-2-22-21(27)24-20(26)19(14-8-4-3-5-9-14)28-18(25)12-15-13-23-17-11-7-6-10-16(15)17/h3-11,13,19,23H,2,12H2,1H3,(H2,22,24,26,27)/t19-/m0/s1. The number of para-hydroxylation sites is 1. The SMILES string of the molecule is CCNC(=O)NC(=O)[C@@H](OC(=O)Cc1c[nH]c2ccccc12)c1ccccc1. The predicted octanol–water partition coefficient (Wildman–Crippen LogP) is 2.84. The largest absolute Gasteiger partial charge is 0.447 e. The van der Waals surface area contributed by atoms with E-state index in [1.807, 2.05) is 24.3 Å². The number of aromatic nitrogens is 1. The van der Waals surface area contributed by atoms with E-state index in [9.17, 15) is 14.4 Å². The maximum atomic E-state index is 12.5. The minimum Gasteiger partial charge on any atom is -0.447 e. The van der Waals surface area contributed by atoms with E-state index in [4.69, 9.17) is 4.74 Å². The van der Waals surface area contributed by atoms with E-state index in [0.29, 0.717) is 12.1 Å². The van der Waals surface area contributed by atoms with Crippen LogP contribution in [0.2, 0.25) is 0 Å². The third-order valence-electron chi connectivity index (χ3n) is 4.17. The minimum atomic E-state index is -1.22. The van der Waals surface area contributed by atoms with Crippen molar-refractivity contribution in [2.75, 3.05) is 6.54 Å². The molecule has 3 N–H and O–H groups in total. The average Bonchev–Trinajstić information content (AvgIpc) is 3.10. The van der Waals surface area contributed by atoms with E-state index in [0.717, 1.165) is 16.5 Å². The van der Waals surface area contributed by atoms with E-state index in [1.54, 1.807) is 43.5 Å². The smallest absolute Gasteiger partial charge is 0.321 e. The van der Waals surface area contributed by atoms with Gasteiger partial charge in [-0.15, -0.1) is 0 Å². The Morgan fingerprint density at radius 3 is 2.50 bits per heavy atom. The second-order valence-electron chi connectivity index (χ2n) is 6.17. The Morgan fingerprint density at radius 2 is 1.75 bits per heavy atom. The van der Waals surface area contributed by atoms with Crippen molar-refractivity contribution in [2.24, 2.45) is 0 Å². The topological polar surface area (TPSA) is 100 Å². The number of hydrogen-bond donors (Lipinski definition) is 3. The van der Waals surface area contributed by atoms with Crippen LogP contribution in [-0.2, 0) is 20.7 Å². The van der Waals surface area contributed by atoms with Crippen molar-refractivity contribution in [2.45, 2.75) is 19.4 Å². The van der Waals surface area contributed by atoms with Gasteiger partial charge in [0.2, 0.25) is 6.10 Å². The number of rotatable bonds is 6. The lowest BCUT2D eigenvalue weighted by Gasteiger charge is -2.17. The van der Waals surface area contributed by atoms with Crippen LogP contribution in [-0.4, -0.2) is 29.4 Å². The van der Waals surface area contributed by atoms with Crippen molar-refractivity contribution >= 4 is 28.8 Å². The Morgan fingerprint density at radius 1 is 1.04 bits per heavy atom. The number of amides is 3. The molecule has 0 fully saturated rings. The van der Waals surface area contributed by atoms with Gasteiger partial charge in [-0.3, -0.25) is 14.9 Å². The zero-order valence-electron chi connectivity index (χ0n) is 15.4. The summed E-state index contributed by atoms with van der Waals surface area (Å²) in [6, 6.07) is 15.6. The minimum absolute atomic E-state index is 0.00177. The number of aromatic amines is 1. The number of carbonyl (C=O) groups is 3. The molecule has 144 valence electrons. The summed E-state index contributed by atoms with van der Waals surface area (Å²) in [6.07, 6.45) is 0.529. The molecule has 1 atom stereocenters. The lowest BCUT2D eigenvalue weighted by atomic mass is 10.1. The molecule has 3 aromatic rings. The number of nitrogens with one attached hydrogen (secondary N) is 3. The highest BCUT2D eigenvalue weighted by Gasteiger charge is 2.26. The molecule has 0 saturated carbocycles. The number of hydrogen-bond acceptors (Lipinski definition) is 4. The lowest BCUT2D eigenvalue weighted by molar-refractivity contribution is -0.155. The molecule has 1 aromatic heterocycles. The Kier molecular flexibility index (Phi) is 6.06. The number of fused-ring (bicyclic) bond motifs is 1. The molecule has 3 rings (SSSR count). The van der Waals surface area contributed by atoms with Crippen LogP contribution in [0.1, 0.15) is 24.2 Å². The second-order valence-corrected chi connectivity index (χ2v) is 6.17. The van der Waals surface area contributed by atoms with Crippen LogP contribution in [0.3, 0.4) is 0 Å². The summed E-state index contributed by atoms with van der Waals surface area (Å²) in [7, 11) is 0. The quantitative estimate of drug-likeness (QED) is 0.573. The highest BCUT2D eigenvalue weighted by Crippen LogP contribution is 2.21. The monoisotopic (exact) mass is 379 g/mol. The Hall–Kier alpha value is -3.61. The molecule has 0 saturated heterocycles. The van der Waals surface area contributed by atoms with Crippen molar-refractivity contribution in [3.63, 3.8) is 0 Å². The van der Waals surface area contributed by atoms with E-state index < -0.39 is 24.0 Å². The van der Waals surface area contributed by atoms with Crippen LogP contribution in [0.15, 0.2) is 60.8 Å². The fourth-order valence-electron chi connectivity index (χ4n) is 2.89. The molecular weight excluding hydrogens is 358 g/mol. The molecule has 0 radical (unpaired) electrons. The van der Waals surface area contributed by atoms with Gasteiger partial charge in [0.25, 0.3) is 5.91 Å². The Labute approximate surface area is 162 Å². The summed E-state index contributed by atoms with van der Waals surface area (Å²) in [5.74, 6) is -1.27. The highest BCUT2D eigenvalue weighted by atomic mass is 16.5. The summed E-state index contributed by atoms with van der Waals surface area (Å²) in [5, 5.41) is 5.60. The Balaban J connectivity index is 1.76. The van der Waals surface area contributed by atoms with Crippen molar-refractivity contribution < 1.29 is 19.1 Å². The number of esters is 1. The first-order chi connectivity index (χ1) is 13.6. The first-order valence-corrected chi connectivity index (χ1v) is 8.96. The predicted molar refractivity (Wildman–Crippen MR) is 104 cm³/mol. The van der Waals surface area contributed by atoms with E-state index in [2.05, 4.69) is 15.6 Å². The second kappa shape index (κ2) is 8.85. The van der Waals surface area contributed by atoms with Gasteiger partial charge in [0, 0.05) is 29.2 Å². The van der Waals surface area contributed by atoms with Crippen molar-refractivity contribution in [3.8, 4) is 0 Å². The van der Waals surface area contributed by atoms with Gasteiger partial charge in [0.15, 0.2) is 0 Å². The number of benzene rings is 2. The first-order valence-electron chi connectivity index (χ1n) is 8.96. The van der Waals surface area contributed by atoms with Crippen molar-refractivity contribution in [1.29, 1.82) is 0 Å². The number of ether oxygens (including phenoxy) is 1. The van der Waals surface area contributed by atoms with Crippen LogP contribution in [0.25, 0.3) is 10.9 Å². The molecule has 0 unspecified atom stereocenters. The number of H-pyrrole nitrogens is 1. The molecule has 0 aliphatic heterocycles. The number of urea groups is 1. The molecule has 1 heterocycles. The number of imide groups is 1. The maximum absolute atomic E-state index is 12.5. The van der Waals surface area contributed by atoms with Crippen LogP contribution in [0.4, 0.5) is 4.79 Å². The lowest BCUT2D eigenvalue weighted by Crippen LogP contribution is -2.42. The summed E-state index contributed by atoms with van der Waals surface area (Å²) in [5.41, 5.74) is 2.17. The first kappa shape index (κ1) is 19.2. The fourth-order valence-corrected chi connectivity index (χ4v) is 2.89. The van der Waals surface area contributed by atoms with Gasteiger partial charge in [-0.2, -0.15) is 0 Å². The van der Waals surface area contributed by atoms with Crippen LogP contribution in [0.5, 0.6) is 0 Å². The highest BCUT2D eigenvalue weighted by molar-refractivity contribution is 5.98. The summed E-state index contributed by atoms with van der Waals surface area (Å²) in [4.78, 5) is 39.9. The third kappa shape index (κ3) is 4.56. The van der Waals surface area contributed by atoms with Crippen molar-refractivity contribution in [1.82, 2.24) is 15.6 Å². The van der Waals surface area contributed by atoms with E-state index in [1.165, 1.54) is 0 Å². The van der Waals surface area contributed by atoms with Gasteiger partial charge in [-0.1, -0.05) is 48.5 Å². The van der Waals surface area contributed by atoms with Gasteiger partial charge in [-0.25, -0.2) is 4.79 Å². The maximum Gasteiger partial charge on any atom is 0.321 e. The molecular formula is C21H21N3O4. The molecule has 0 aliphatic rings. The summed E-state index contributed by atoms with van der Waals surface area (Å²) in [6.45, 7) is 2.11. The molecule has 28 heavy (non-hydrogen) atoms. The normalized spacial score (nSPS) is 11.6. The zero-order chi connectivity index (χ0) is 19.9. The van der Waals surface area contributed by atoms with Gasteiger partial charge in [-0.05, 0) is 18.6 Å². The van der Waals surface area contributed by atoms with Crippen LogP contribution >= 0.6 is 0 Å². The van der Waals surface area contributed by atoms with Crippen molar-refractivity contribution in [3.05, 3.63) is 71.9 Å². The van der Waals surface area contributed by atoms with Gasteiger partial charge < -0.3 is 15.0 Å². The third-order valence-corrected chi connectivity index (χ3v) is 4.17. The summed E-state index contributed by atoms with van der Waals surface area (Å²) >= 11 is 0. The van der Waals surface area contributed by atoms with Crippen LogP contribution in [0, 0.1) is 0 Å². The Bertz CT molecular complexity index is 981. The zero-order valence-corrected chi connectivity index (χ0v) is 15.4. The molecule has 3 amide bonds. The van der Waals surface area contributed by atoms with Crippen LogP contribution < -0.4 is 10.6 Å². The van der Waals surface area contributed by atoms with Gasteiger partial charge >= 0.3 is 12.0 Å². The van der Waals surface area contributed by atoms with E-state index >= 15 is 0 Å². The number of carbonyl (C=O) groups excluding carboxylic acids is 3. The average molecular weight is 379 g/mol. The molecule has 2 aromatic carbocycles. The van der Waals surface area contributed by atoms with E-state index in [-0.39, 0.29) is 6.42 Å². The fraction of sp³-hybridized carbons (Fsp3) is 0.190.